The van der Waals surface area contributed by atoms with Gasteiger partial charge in [-0.05, 0) is 68.8 Å². The van der Waals surface area contributed by atoms with Crippen molar-refractivity contribution in [1.29, 1.82) is 0 Å². The number of likely N-dealkylation sites (tertiary alicyclic amines) is 1. The number of nitrogens with one attached hydrogen (secondary N) is 1. The van der Waals surface area contributed by atoms with Crippen molar-refractivity contribution >= 4 is 34.4 Å². The Bertz CT molecular complexity index is 1230. The van der Waals surface area contributed by atoms with Gasteiger partial charge in [0.05, 0.1) is 11.4 Å². The molecule has 3 aromatic rings. The average Bonchev–Trinajstić information content (AvgIpc) is 2.86. The van der Waals surface area contributed by atoms with Crippen LogP contribution in [-0.4, -0.2) is 47.7 Å². The van der Waals surface area contributed by atoms with E-state index in [-0.39, 0.29) is 5.97 Å². The standard InChI is InChI=1S/C26H28ClN3O4/c1-18(26(33)34-16-15-29-13-5-2-6-14-29)22-17-24(31)30(23-8-4-3-7-21(22)23)28-25(32)19-9-11-20(27)12-10-19/h3-4,7-12,17-18H,2,5-6,13-16H2,1H3,(H,28,32). The zero-order valence-electron chi connectivity index (χ0n) is 19.1. The van der Waals surface area contributed by atoms with Gasteiger partial charge in [0.1, 0.15) is 6.61 Å². The summed E-state index contributed by atoms with van der Waals surface area (Å²) >= 11 is 5.90. The molecule has 1 amide bonds. The predicted octanol–water partition coefficient (Wildman–Crippen LogP) is 4.17. The predicted molar refractivity (Wildman–Crippen MR) is 133 cm³/mol. The molecule has 4 rings (SSSR count). The Morgan fingerprint density at radius 2 is 1.76 bits per heavy atom. The first kappa shape index (κ1) is 24.0. The summed E-state index contributed by atoms with van der Waals surface area (Å²) in [7, 11) is 0. The second-order valence-corrected chi connectivity index (χ2v) is 8.97. The SMILES string of the molecule is CC(C(=O)OCCN1CCCCC1)c1cc(=O)n(NC(=O)c2ccc(Cl)cc2)c2ccccc12. The zero-order chi connectivity index (χ0) is 24.1. The zero-order valence-corrected chi connectivity index (χ0v) is 19.9. The van der Waals surface area contributed by atoms with Gasteiger partial charge < -0.3 is 4.74 Å². The number of fused-ring (bicyclic) bond motifs is 1. The molecule has 1 aliphatic heterocycles. The third-order valence-electron chi connectivity index (χ3n) is 6.20. The van der Waals surface area contributed by atoms with E-state index in [1.54, 1.807) is 43.3 Å². The Morgan fingerprint density at radius 3 is 2.50 bits per heavy atom. The van der Waals surface area contributed by atoms with Gasteiger partial charge in [-0.1, -0.05) is 36.2 Å². The molecule has 1 fully saturated rings. The number of aromatic nitrogens is 1. The van der Waals surface area contributed by atoms with Crippen LogP contribution in [0, 0.1) is 0 Å². The van der Waals surface area contributed by atoms with Gasteiger partial charge in [0.25, 0.3) is 11.5 Å². The topological polar surface area (TPSA) is 80.6 Å². The number of carbonyl (C=O) groups excluding carboxylic acids is 2. The number of carbonyl (C=O) groups is 2. The Hall–Kier alpha value is -3.16. The molecule has 1 aromatic heterocycles. The smallest absolute Gasteiger partial charge is 0.313 e. The van der Waals surface area contributed by atoms with Crippen molar-refractivity contribution in [3.8, 4) is 0 Å². The van der Waals surface area contributed by atoms with Crippen LogP contribution < -0.4 is 11.0 Å². The lowest BCUT2D eigenvalue weighted by atomic mass is 9.97. The average molecular weight is 482 g/mol. The molecule has 0 radical (unpaired) electrons. The number of ether oxygens (including phenoxy) is 1. The summed E-state index contributed by atoms with van der Waals surface area (Å²) in [5.74, 6) is -1.44. The number of hydrogen-bond donors (Lipinski definition) is 1. The molecule has 8 heteroatoms. The fraction of sp³-hybridized carbons (Fsp3) is 0.346. The van der Waals surface area contributed by atoms with Gasteiger partial charge in [-0.2, -0.15) is 0 Å². The summed E-state index contributed by atoms with van der Waals surface area (Å²) in [6.45, 7) is 4.86. The fourth-order valence-corrected chi connectivity index (χ4v) is 4.38. The van der Waals surface area contributed by atoms with Gasteiger partial charge in [0.2, 0.25) is 0 Å². The van der Waals surface area contributed by atoms with Crippen LogP contribution in [0.5, 0.6) is 0 Å². The van der Waals surface area contributed by atoms with E-state index in [1.165, 1.54) is 30.0 Å². The van der Waals surface area contributed by atoms with Crippen LogP contribution in [0.4, 0.5) is 0 Å². The quantitative estimate of drug-likeness (QED) is 0.512. The second-order valence-electron chi connectivity index (χ2n) is 8.53. The number of nitrogens with zero attached hydrogens (tertiary/aromatic N) is 2. The first-order chi connectivity index (χ1) is 16.4. The van der Waals surface area contributed by atoms with Crippen molar-refractivity contribution in [1.82, 2.24) is 9.58 Å². The molecule has 0 saturated carbocycles. The second kappa shape index (κ2) is 10.8. The largest absolute Gasteiger partial charge is 0.464 e. The molecule has 1 saturated heterocycles. The van der Waals surface area contributed by atoms with Crippen molar-refractivity contribution < 1.29 is 14.3 Å². The highest BCUT2D eigenvalue weighted by atomic mass is 35.5. The van der Waals surface area contributed by atoms with E-state index in [9.17, 15) is 14.4 Å². The third-order valence-corrected chi connectivity index (χ3v) is 6.45. The number of piperidine rings is 1. The molecule has 34 heavy (non-hydrogen) atoms. The minimum Gasteiger partial charge on any atom is -0.464 e. The number of benzene rings is 2. The van der Waals surface area contributed by atoms with Crippen molar-refractivity contribution in [3.63, 3.8) is 0 Å². The minimum absolute atomic E-state index is 0.329. The summed E-state index contributed by atoms with van der Waals surface area (Å²) in [5, 5.41) is 1.21. The molecule has 0 bridgehead atoms. The number of para-hydroxylation sites is 1. The molecule has 2 aromatic carbocycles. The van der Waals surface area contributed by atoms with E-state index in [0.717, 1.165) is 19.6 Å². The first-order valence-electron chi connectivity index (χ1n) is 11.5. The van der Waals surface area contributed by atoms with E-state index in [2.05, 4.69) is 10.3 Å². The Morgan fingerprint density at radius 1 is 1.06 bits per heavy atom. The maximum absolute atomic E-state index is 13.0. The molecule has 1 unspecified atom stereocenters. The summed E-state index contributed by atoms with van der Waals surface area (Å²) in [6, 6.07) is 14.9. The normalized spacial score (nSPS) is 15.1. The van der Waals surface area contributed by atoms with Crippen molar-refractivity contribution in [2.24, 2.45) is 0 Å². The highest BCUT2D eigenvalue weighted by Gasteiger charge is 2.22. The Balaban J connectivity index is 1.53. The number of amides is 1. The van der Waals surface area contributed by atoms with Crippen LogP contribution in [0.2, 0.25) is 5.02 Å². The number of halogens is 1. The lowest BCUT2D eigenvalue weighted by molar-refractivity contribution is -0.145. The molecule has 178 valence electrons. The summed E-state index contributed by atoms with van der Waals surface area (Å²) in [5.41, 5.74) is 3.66. The van der Waals surface area contributed by atoms with Crippen LogP contribution >= 0.6 is 11.6 Å². The number of hydrogen-bond acceptors (Lipinski definition) is 5. The van der Waals surface area contributed by atoms with Crippen molar-refractivity contribution in [3.05, 3.63) is 81.1 Å². The molecule has 0 aliphatic carbocycles. The van der Waals surface area contributed by atoms with Gasteiger partial charge in [0.15, 0.2) is 0 Å². The molecule has 1 atom stereocenters. The number of rotatable bonds is 7. The van der Waals surface area contributed by atoms with E-state index >= 15 is 0 Å². The van der Waals surface area contributed by atoms with Gasteiger partial charge in [0, 0.05) is 28.6 Å². The molecule has 1 aliphatic rings. The molecule has 1 N–H and O–H groups in total. The van der Waals surface area contributed by atoms with Crippen LogP contribution in [0.3, 0.4) is 0 Å². The summed E-state index contributed by atoms with van der Waals surface area (Å²) in [4.78, 5) is 40.8. The van der Waals surface area contributed by atoms with E-state index in [1.807, 2.05) is 12.1 Å². The molecular weight excluding hydrogens is 454 g/mol. The van der Waals surface area contributed by atoms with Crippen molar-refractivity contribution in [2.45, 2.75) is 32.1 Å². The van der Waals surface area contributed by atoms with Gasteiger partial charge >= 0.3 is 5.97 Å². The maximum atomic E-state index is 13.0. The Labute approximate surface area is 203 Å². The monoisotopic (exact) mass is 481 g/mol. The van der Waals surface area contributed by atoms with Gasteiger partial charge in [-0.3, -0.25) is 24.7 Å². The molecule has 2 heterocycles. The molecule has 7 nitrogen and oxygen atoms in total. The lowest BCUT2D eigenvalue weighted by Gasteiger charge is -2.26. The summed E-state index contributed by atoms with van der Waals surface area (Å²) < 4.78 is 6.74. The van der Waals surface area contributed by atoms with Gasteiger partial charge in [-0.25, -0.2) is 4.68 Å². The summed E-state index contributed by atoms with van der Waals surface area (Å²) in [6.07, 6.45) is 3.62. The highest BCUT2D eigenvalue weighted by Crippen LogP contribution is 2.25. The number of pyridine rings is 1. The van der Waals surface area contributed by atoms with Crippen LogP contribution in [0.25, 0.3) is 10.9 Å². The Kier molecular flexibility index (Phi) is 7.65. The lowest BCUT2D eigenvalue weighted by Crippen LogP contribution is -2.34. The van der Waals surface area contributed by atoms with Crippen LogP contribution in [0.15, 0.2) is 59.4 Å². The minimum atomic E-state index is -0.624. The van der Waals surface area contributed by atoms with Crippen LogP contribution in [-0.2, 0) is 9.53 Å². The number of esters is 1. The van der Waals surface area contributed by atoms with E-state index in [0.29, 0.717) is 33.7 Å². The van der Waals surface area contributed by atoms with Gasteiger partial charge in [-0.15, -0.1) is 0 Å². The first-order valence-corrected chi connectivity index (χ1v) is 11.9. The molecule has 0 spiro atoms. The highest BCUT2D eigenvalue weighted by molar-refractivity contribution is 6.30. The fourth-order valence-electron chi connectivity index (χ4n) is 4.26. The van der Waals surface area contributed by atoms with Crippen molar-refractivity contribution in [2.75, 3.05) is 31.7 Å². The van der Waals surface area contributed by atoms with E-state index in [4.69, 9.17) is 16.3 Å². The molecular formula is C26H28ClN3O4. The van der Waals surface area contributed by atoms with E-state index < -0.39 is 17.4 Å². The third kappa shape index (κ3) is 5.48. The maximum Gasteiger partial charge on any atom is 0.313 e. The van der Waals surface area contributed by atoms with Crippen LogP contribution in [0.1, 0.15) is 48.0 Å².